The highest BCUT2D eigenvalue weighted by Crippen LogP contribution is 2.18. The van der Waals surface area contributed by atoms with Gasteiger partial charge in [0, 0.05) is 13.1 Å². The topological polar surface area (TPSA) is 98.7 Å². The molecule has 2 rings (SSSR count). The molecule has 2 aromatic carbocycles. The summed E-state index contributed by atoms with van der Waals surface area (Å²) in [7, 11) is 0. The zero-order valence-electron chi connectivity index (χ0n) is 16.4. The van der Waals surface area contributed by atoms with Crippen molar-refractivity contribution in [3.8, 4) is 11.5 Å². The minimum Gasteiger partial charge on any atom is -0.507 e. The van der Waals surface area contributed by atoms with Crippen LogP contribution in [0, 0.1) is 13.8 Å². The summed E-state index contributed by atoms with van der Waals surface area (Å²) in [6.45, 7) is 4.82. The highest BCUT2D eigenvalue weighted by molar-refractivity contribution is 5.97. The molecule has 6 heteroatoms. The van der Waals surface area contributed by atoms with E-state index in [-0.39, 0.29) is 23.3 Å². The molecule has 2 amide bonds. The van der Waals surface area contributed by atoms with Crippen molar-refractivity contribution in [3.63, 3.8) is 0 Å². The third kappa shape index (κ3) is 6.30. The number of carbonyl (C=O) groups excluding carboxylic acids is 2. The summed E-state index contributed by atoms with van der Waals surface area (Å²) in [5, 5.41) is 25.1. The molecule has 0 atom stereocenters. The minimum absolute atomic E-state index is 0.0153. The standard InChI is InChI=1S/C22H28N2O4/c1-15-7-9-19(25)17(13-15)21(27)23-11-5-3-4-6-12-24-22(28)18-14-16(2)8-10-20(18)26/h7-10,13-14,25-26H,3-6,11-12H2,1-2H3,(H,23,27)(H,24,28). The molecule has 150 valence electrons. The van der Waals surface area contributed by atoms with Gasteiger partial charge in [0.15, 0.2) is 0 Å². The van der Waals surface area contributed by atoms with Crippen molar-refractivity contribution in [2.24, 2.45) is 0 Å². The van der Waals surface area contributed by atoms with E-state index in [4.69, 9.17) is 0 Å². The molecule has 0 aliphatic heterocycles. The number of unbranched alkanes of at least 4 members (excludes halogenated alkanes) is 3. The average Bonchev–Trinajstić information content (AvgIpc) is 2.67. The Balaban J connectivity index is 1.59. The molecule has 0 saturated heterocycles. The maximum absolute atomic E-state index is 12.1. The zero-order valence-corrected chi connectivity index (χ0v) is 16.4. The highest BCUT2D eigenvalue weighted by atomic mass is 16.3. The number of amides is 2. The number of nitrogens with one attached hydrogen (secondary N) is 2. The maximum Gasteiger partial charge on any atom is 0.255 e. The van der Waals surface area contributed by atoms with Gasteiger partial charge in [-0.2, -0.15) is 0 Å². The summed E-state index contributed by atoms with van der Waals surface area (Å²) in [6, 6.07) is 9.89. The van der Waals surface area contributed by atoms with Crippen LogP contribution in [-0.2, 0) is 0 Å². The van der Waals surface area contributed by atoms with E-state index in [1.54, 1.807) is 24.3 Å². The van der Waals surface area contributed by atoms with Gasteiger partial charge in [-0.25, -0.2) is 0 Å². The molecule has 0 aliphatic carbocycles. The Hall–Kier alpha value is -3.02. The summed E-state index contributed by atoms with van der Waals surface area (Å²) >= 11 is 0. The Morgan fingerprint density at radius 2 is 1.11 bits per heavy atom. The highest BCUT2D eigenvalue weighted by Gasteiger charge is 2.11. The van der Waals surface area contributed by atoms with Crippen LogP contribution in [0.5, 0.6) is 11.5 Å². The molecule has 0 spiro atoms. The van der Waals surface area contributed by atoms with Crippen molar-refractivity contribution in [1.29, 1.82) is 0 Å². The lowest BCUT2D eigenvalue weighted by molar-refractivity contribution is 0.0940. The first-order chi connectivity index (χ1) is 13.4. The van der Waals surface area contributed by atoms with Crippen LogP contribution in [0.3, 0.4) is 0 Å². The van der Waals surface area contributed by atoms with E-state index in [1.165, 1.54) is 12.1 Å². The molecule has 0 aliphatic rings. The summed E-state index contributed by atoms with van der Waals surface area (Å²) in [5.74, 6) is -0.574. The summed E-state index contributed by atoms with van der Waals surface area (Å²) < 4.78 is 0. The molecule has 28 heavy (non-hydrogen) atoms. The van der Waals surface area contributed by atoms with E-state index < -0.39 is 0 Å². The first kappa shape index (κ1) is 21.3. The van der Waals surface area contributed by atoms with Gasteiger partial charge in [0.25, 0.3) is 11.8 Å². The quantitative estimate of drug-likeness (QED) is 0.498. The van der Waals surface area contributed by atoms with Crippen molar-refractivity contribution in [1.82, 2.24) is 10.6 Å². The second-order valence-corrected chi connectivity index (χ2v) is 6.97. The minimum atomic E-state index is -0.272. The monoisotopic (exact) mass is 384 g/mol. The SMILES string of the molecule is Cc1ccc(O)c(C(=O)NCCCCCCNC(=O)c2cc(C)ccc2O)c1. The zero-order chi connectivity index (χ0) is 20.5. The lowest BCUT2D eigenvalue weighted by atomic mass is 10.1. The molecule has 0 heterocycles. The molecule has 0 unspecified atom stereocenters. The van der Waals surface area contributed by atoms with Crippen LogP contribution in [0.1, 0.15) is 57.5 Å². The molecule has 0 saturated carbocycles. The van der Waals surface area contributed by atoms with Crippen molar-refractivity contribution >= 4 is 11.8 Å². The van der Waals surface area contributed by atoms with E-state index in [0.29, 0.717) is 24.2 Å². The Kier molecular flexibility index (Phi) is 7.87. The van der Waals surface area contributed by atoms with E-state index in [1.807, 2.05) is 13.8 Å². The van der Waals surface area contributed by atoms with Crippen molar-refractivity contribution in [2.75, 3.05) is 13.1 Å². The fourth-order valence-electron chi connectivity index (χ4n) is 2.86. The van der Waals surface area contributed by atoms with Gasteiger partial charge in [-0.15, -0.1) is 0 Å². The molecular formula is C22H28N2O4. The normalized spacial score (nSPS) is 10.5. The molecular weight excluding hydrogens is 356 g/mol. The average molecular weight is 384 g/mol. The van der Waals surface area contributed by atoms with Crippen LogP contribution < -0.4 is 10.6 Å². The van der Waals surface area contributed by atoms with Gasteiger partial charge in [-0.1, -0.05) is 36.1 Å². The lowest BCUT2D eigenvalue weighted by Gasteiger charge is -2.09. The van der Waals surface area contributed by atoms with E-state index >= 15 is 0 Å². The summed E-state index contributed by atoms with van der Waals surface area (Å²) in [6.07, 6.45) is 3.49. The number of rotatable bonds is 9. The van der Waals surface area contributed by atoms with Crippen molar-refractivity contribution < 1.29 is 19.8 Å². The Bertz CT molecular complexity index is 764. The molecule has 0 aromatic heterocycles. The molecule has 4 N–H and O–H groups in total. The summed E-state index contributed by atoms with van der Waals surface area (Å²) in [4.78, 5) is 24.2. The Labute approximate surface area is 165 Å². The smallest absolute Gasteiger partial charge is 0.255 e. The third-order valence-electron chi connectivity index (χ3n) is 4.47. The number of phenolic OH excluding ortho intramolecular Hbond substituents is 2. The second-order valence-electron chi connectivity index (χ2n) is 6.97. The lowest BCUT2D eigenvalue weighted by Crippen LogP contribution is -2.25. The van der Waals surface area contributed by atoms with Crippen molar-refractivity contribution in [2.45, 2.75) is 39.5 Å². The number of hydrogen-bond acceptors (Lipinski definition) is 4. The van der Waals surface area contributed by atoms with Crippen LogP contribution in [-0.4, -0.2) is 35.1 Å². The molecule has 0 radical (unpaired) electrons. The van der Waals surface area contributed by atoms with Crippen molar-refractivity contribution in [3.05, 3.63) is 58.7 Å². The number of aryl methyl sites for hydroxylation is 2. The first-order valence-corrected chi connectivity index (χ1v) is 9.54. The van der Waals surface area contributed by atoms with Gasteiger partial charge >= 0.3 is 0 Å². The molecule has 0 fully saturated rings. The first-order valence-electron chi connectivity index (χ1n) is 9.54. The van der Waals surface area contributed by atoms with Gasteiger partial charge in [0.05, 0.1) is 11.1 Å². The second kappa shape index (κ2) is 10.3. The number of benzene rings is 2. The van der Waals surface area contributed by atoms with Gasteiger partial charge < -0.3 is 20.8 Å². The molecule has 2 aromatic rings. The maximum atomic E-state index is 12.1. The fourth-order valence-corrected chi connectivity index (χ4v) is 2.86. The van der Waals surface area contributed by atoms with E-state index in [9.17, 15) is 19.8 Å². The Morgan fingerprint density at radius 3 is 1.50 bits per heavy atom. The van der Waals surface area contributed by atoms with Gasteiger partial charge in [0.2, 0.25) is 0 Å². The summed E-state index contributed by atoms with van der Waals surface area (Å²) in [5.41, 5.74) is 2.43. The number of aromatic hydroxyl groups is 2. The van der Waals surface area contributed by atoms with Gasteiger partial charge in [-0.05, 0) is 51.0 Å². The van der Waals surface area contributed by atoms with Crippen LogP contribution >= 0.6 is 0 Å². The molecule has 6 nitrogen and oxygen atoms in total. The number of phenols is 2. The van der Waals surface area contributed by atoms with Gasteiger partial charge in [-0.3, -0.25) is 9.59 Å². The van der Waals surface area contributed by atoms with Crippen LogP contribution in [0.4, 0.5) is 0 Å². The number of hydrogen-bond donors (Lipinski definition) is 4. The van der Waals surface area contributed by atoms with Crippen LogP contribution in [0.25, 0.3) is 0 Å². The number of carbonyl (C=O) groups is 2. The molecule has 0 bridgehead atoms. The largest absolute Gasteiger partial charge is 0.507 e. The van der Waals surface area contributed by atoms with Crippen LogP contribution in [0.2, 0.25) is 0 Å². The Morgan fingerprint density at radius 1 is 0.714 bits per heavy atom. The van der Waals surface area contributed by atoms with E-state index in [0.717, 1.165) is 36.8 Å². The predicted molar refractivity (Wildman–Crippen MR) is 109 cm³/mol. The third-order valence-corrected chi connectivity index (χ3v) is 4.47. The fraction of sp³-hybridized carbons (Fsp3) is 0.364. The van der Waals surface area contributed by atoms with Crippen LogP contribution in [0.15, 0.2) is 36.4 Å². The van der Waals surface area contributed by atoms with E-state index in [2.05, 4.69) is 10.6 Å². The van der Waals surface area contributed by atoms with Gasteiger partial charge in [0.1, 0.15) is 11.5 Å². The predicted octanol–water partition coefficient (Wildman–Crippen LogP) is 3.43.